The molecule has 0 N–H and O–H groups in total. The number of nitrogens with zero attached hydrogens (tertiary/aromatic N) is 1. The third-order valence-electron chi connectivity index (χ3n) is 2.41. The third-order valence-corrected chi connectivity index (χ3v) is 2.41. The van der Waals surface area contributed by atoms with E-state index in [0.29, 0.717) is 17.3 Å². The van der Waals surface area contributed by atoms with Crippen molar-refractivity contribution in [1.29, 1.82) is 0 Å². The Hall–Kier alpha value is -2.23. The topological polar surface area (TPSA) is 38.8 Å². The van der Waals surface area contributed by atoms with E-state index < -0.39 is 0 Å². The molecule has 0 saturated carbocycles. The molecule has 0 aliphatic rings. The van der Waals surface area contributed by atoms with Gasteiger partial charge in [-0.05, 0) is 31.2 Å². The lowest BCUT2D eigenvalue weighted by Crippen LogP contribution is -2.18. The minimum Gasteiger partial charge on any atom is -0.493 e. The first kappa shape index (κ1) is 14.8. The predicted octanol–water partition coefficient (Wildman–Crippen LogP) is 2.62. The molecule has 0 aliphatic carbocycles. The number of hydrogen-bond acceptors (Lipinski definition) is 3. The zero-order valence-electron chi connectivity index (χ0n) is 11.7. The lowest BCUT2D eigenvalue weighted by Gasteiger charge is -2.10. The van der Waals surface area contributed by atoms with E-state index in [-0.39, 0.29) is 5.91 Å². The summed E-state index contributed by atoms with van der Waals surface area (Å²) >= 11 is 0. The molecular formula is C15H19NO3. The minimum atomic E-state index is -0.0945. The molecule has 4 heteroatoms. The monoisotopic (exact) mass is 261 g/mol. The van der Waals surface area contributed by atoms with Crippen molar-refractivity contribution in [1.82, 2.24) is 4.90 Å². The molecule has 1 aromatic rings. The second kappa shape index (κ2) is 7.26. The Morgan fingerprint density at radius 1 is 1.16 bits per heavy atom. The van der Waals surface area contributed by atoms with Crippen molar-refractivity contribution in [2.75, 3.05) is 21.2 Å². The van der Waals surface area contributed by atoms with E-state index in [4.69, 9.17) is 9.47 Å². The van der Waals surface area contributed by atoms with Crippen molar-refractivity contribution in [3.63, 3.8) is 0 Å². The van der Waals surface area contributed by atoms with Crippen LogP contribution in [-0.4, -0.2) is 32.0 Å². The van der Waals surface area contributed by atoms with Gasteiger partial charge >= 0.3 is 0 Å². The Morgan fingerprint density at radius 2 is 1.79 bits per heavy atom. The molecule has 1 rings (SSSR count). The molecule has 0 radical (unpaired) electrons. The SMILES string of the molecule is C/C=C(/C=C/C(=O)N(C)C)Oc1ccccc1OC. The van der Waals surface area contributed by atoms with Crippen LogP contribution < -0.4 is 9.47 Å². The molecule has 102 valence electrons. The molecule has 0 atom stereocenters. The first-order valence-corrected chi connectivity index (χ1v) is 5.95. The van der Waals surface area contributed by atoms with Crippen LogP contribution in [0.25, 0.3) is 0 Å². The van der Waals surface area contributed by atoms with Gasteiger partial charge in [0.05, 0.1) is 7.11 Å². The zero-order valence-corrected chi connectivity index (χ0v) is 11.7. The van der Waals surface area contributed by atoms with E-state index in [1.54, 1.807) is 33.4 Å². The Kier molecular flexibility index (Phi) is 5.67. The van der Waals surface area contributed by atoms with Crippen LogP contribution >= 0.6 is 0 Å². The first-order chi connectivity index (χ1) is 9.08. The highest BCUT2D eigenvalue weighted by molar-refractivity contribution is 5.87. The Balaban J connectivity index is 2.81. The molecule has 19 heavy (non-hydrogen) atoms. The summed E-state index contributed by atoms with van der Waals surface area (Å²) in [6.45, 7) is 1.84. The summed E-state index contributed by atoms with van der Waals surface area (Å²) in [5.74, 6) is 1.75. The number of carbonyl (C=O) groups is 1. The van der Waals surface area contributed by atoms with Gasteiger partial charge in [0.1, 0.15) is 5.76 Å². The maximum absolute atomic E-state index is 11.5. The number of allylic oxidation sites excluding steroid dienone is 2. The summed E-state index contributed by atoms with van der Waals surface area (Å²) in [5.41, 5.74) is 0. The zero-order chi connectivity index (χ0) is 14.3. The molecule has 0 aliphatic heterocycles. The molecule has 1 aromatic carbocycles. The van der Waals surface area contributed by atoms with E-state index >= 15 is 0 Å². The average Bonchev–Trinajstić information content (AvgIpc) is 2.43. The van der Waals surface area contributed by atoms with Crippen molar-refractivity contribution in [3.8, 4) is 11.5 Å². The maximum atomic E-state index is 11.5. The fraction of sp³-hybridized carbons (Fsp3) is 0.267. The number of para-hydroxylation sites is 2. The number of rotatable bonds is 5. The molecule has 1 amide bonds. The summed E-state index contributed by atoms with van der Waals surface area (Å²) in [4.78, 5) is 13.0. The molecule has 0 heterocycles. The van der Waals surface area contributed by atoms with Crippen LogP contribution in [0.2, 0.25) is 0 Å². The van der Waals surface area contributed by atoms with Crippen molar-refractivity contribution >= 4 is 5.91 Å². The molecule has 0 unspecified atom stereocenters. The Bertz CT molecular complexity index is 490. The van der Waals surface area contributed by atoms with Gasteiger partial charge in [0.15, 0.2) is 11.5 Å². The van der Waals surface area contributed by atoms with Gasteiger partial charge in [-0.1, -0.05) is 12.1 Å². The second-order valence-electron chi connectivity index (χ2n) is 4.01. The first-order valence-electron chi connectivity index (χ1n) is 5.95. The van der Waals surface area contributed by atoms with Crippen LogP contribution in [0, 0.1) is 0 Å². The molecule has 0 fully saturated rings. The fourth-order valence-corrected chi connectivity index (χ4v) is 1.32. The van der Waals surface area contributed by atoms with Gasteiger partial charge in [0, 0.05) is 20.2 Å². The van der Waals surface area contributed by atoms with Gasteiger partial charge in [0.25, 0.3) is 0 Å². The van der Waals surface area contributed by atoms with Gasteiger partial charge in [-0.3, -0.25) is 4.79 Å². The molecule has 0 bridgehead atoms. The lowest BCUT2D eigenvalue weighted by molar-refractivity contribution is -0.123. The normalized spacial score (nSPS) is 11.5. The number of amides is 1. The van der Waals surface area contributed by atoms with E-state index in [1.807, 2.05) is 31.2 Å². The summed E-state index contributed by atoms with van der Waals surface area (Å²) in [6.07, 6.45) is 4.88. The van der Waals surface area contributed by atoms with Crippen LogP contribution in [-0.2, 0) is 4.79 Å². The maximum Gasteiger partial charge on any atom is 0.246 e. The van der Waals surface area contributed by atoms with Crippen molar-refractivity contribution in [3.05, 3.63) is 48.3 Å². The number of methoxy groups -OCH3 is 1. The number of hydrogen-bond donors (Lipinski definition) is 0. The summed E-state index contributed by atoms with van der Waals surface area (Å²) < 4.78 is 10.9. The van der Waals surface area contributed by atoms with E-state index in [2.05, 4.69) is 0 Å². The minimum absolute atomic E-state index is 0.0945. The number of likely N-dealkylation sites (N-methyl/N-ethyl adjacent to an activating group) is 1. The van der Waals surface area contributed by atoms with Crippen LogP contribution in [0.15, 0.2) is 48.3 Å². The quantitative estimate of drug-likeness (QED) is 0.464. The van der Waals surface area contributed by atoms with Gasteiger partial charge < -0.3 is 14.4 Å². The highest BCUT2D eigenvalue weighted by Crippen LogP contribution is 2.27. The van der Waals surface area contributed by atoms with Gasteiger partial charge in [-0.15, -0.1) is 0 Å². The summed E-state index contributed by atoms with van der Waals surface area (Å²) in [5, 5.41) is 0. The molecular weight excluding hydrogens is 242 g/mol. The Labute approximate surface area is 113 Å². The van der Waals surface area contributed by atoms with Crippen molar-refractivity contribution < 1.29 is 14.3 Å². The van der Waals surface area contributed by atoms with Crippen LogP contribution in [0.3, 0.4) is 0 Å². The van der Waals surface area contributed by atoms with Crippen molar-refractivity contribution in [2.45, 2.75) is 6.92 Å². The fourth-order valence-electron chi connectivity index (χ4n) is 1.32. The highest BCUT2D eigenvalue weighted by atomic mass is 16.5. The van der Waals surface area contributed by atoms with Crippen LogP contribution in [0.4, 0.5) is 0 Å². The van der Waals surface area contributed by atoms with Crippen LogP contribution in [0.1, 0.15) is 6.92 Å². The van der Waals surface area contributed by atoms with Crippen molar-refractivity contribution in [2.24, 2.45) is 0 Å². The lowest BCUT2D eigenvalue weighted by atomic mass is 10.3. The highest BCUT2D eigenvalue weighted by Gasteiger charge is 2.05. The van der Waals surface area contributed by atoms with E-state index in [1.165, 1.54) is 11.0 Å². The number of ether oxygens (including phenoxy) is 2. The Morgan fingerprint density at radius 3 is 2.32 bits per heavy atom. The summed E-state index contributed by atoms with van der Waals surface area (Å²) in [7, 11) is 4.98. The van der Waals surface area contributed by atoms with E-state index in [0.717, 1.165) is 0 Å². The predicted molar refractivity (Wildman–Crippen MR) is 75.2 cm³/mol. The largest absolute Gasteiger partial charge is 0.493 e. The number of carbonyl (C=O) groups excluding carboxylic acids is 1. The molecule has 4 nitrogen and oxygen atoms in total. The van der Waals surface area contributed by atoms with E-state index in [9.17, 15) is 4.79 Å². The van der Waals surface area contributed by atoms with Gasteiger partial charge in [-0.2, -0.15) is 0 Å². The molecule has 0 aromatic heterocycles. The summed E-state index contributed by atoms with van der Waals surface area (Å²) in [6, 6.07) is 7.35. The average molecular weight is 261 g/mol. The van der Waals surface area contributed by atoms with Gasteiger partial charge in [0.2, 0.25) is 5.91 Å². The number of benzene rings is 1. The van der Waals surface area contributed by atoms with Gasteiger partial charge in [-0.25, -0.2) is 0 Å². The third kappa shape index (κ3) is 4.50. The van der Waals surface area contributed by atoms with Crippen LogP contribution in [0.5, 0.6) is 11.5 Å². The molecule has 0 spiro atoms. The smallest absolute Gasteiger partial charge is 0.246 e. The standard InChI is InChI=1S/C15H19NO3/c1-5-12(10-11-15(17)16(2)3)19-14-9-7-6-8-13(14)18-4/h5-11H,1-4H3/b11-10+,12-5-. The second-order valence-corrected chi connectivity index (χ2v) is 4.01. The molecule has 0 saturated heterocycles.